The standard InChI is InChI=1S/C17H14F3N3O2S/c1-10(24)21-16(26)23-13-6-2-4-11(8-13)15(25)22-14-7-3-5-12(9-14)17(18,19)20/h2-9H,1H3,(H,22,25)(H2,21,23,24,26). The number of halogens is 3. The second-order valence-electron chi connectivity index (χ2n) is 5.25. The summed E-state index contributed by atoms with van der Waals surface area (Å²) in [5, 5.41) is 7.58. The quantitative estimate of drug-likeness (QED) is 0.708. The van der Waals surface area contributed by atoms with Gasteiger partial charge in [0.15, 0.2) is 5.11 Å². The molecule has 2 aromatic rings. The van der Waals surface area contributed by atoms with E-state index >= 15 is 0 Å². The Morgan fingerprint density at radius 1 is 0.962 bits per heavy atom. The molecule has 2 aromatic carbocycles. The van der Waals surface area contributed by atoms with Gasteiger partial charge in [0.05, 0.1) is 5.56 Å². The van der Waals surface area contributed by atoms with E-state index in [-0.39, 0.29) is 22.3 Å². The van der Waals surface area contributed by atoms with Crippen molar-refractivity contribution in [2.75, 3.05) is 10.6 Å². The van der Waals surface area contributed by atoms with Crippen LogP contribution in [0, 0.1) is 0 Å². The van der Waals surface area contributed by atoms with Crippen molar-refractivity contribution >= 4 is 40.5 Å². The molecule has 0 fully saturated rings. The molecule has 0 unspecified atom stereocenters. The van der Waals surface area contributed by atoms with Crippen molar-refractivity contribution < 1.29 is 22.8 Å². The Balaban J connectivity index is 2.12. The van der Waals surface area contributed by atoms with Crippen LogP contribution in [-0.2, 0) is 11.0 Å². The highest BCUT2D eigenvalue weighted by Gasteiger charge is 2.30. The molecule has 136 valence electrons. The summed E-state index contributed by atoms with van der Waals surface area (Å²) >= 11 is 4.93. The minimum atomic E-state index is -4.50. The second-order valence-corrected chi connectivity index (χ2v) is 5.66. The Bertz CT molecular complexity index is 853. The molecule has 5 nitrogen and oxygen atoms in total. The van der Waals surface area contributed by atoms with E-state index < -0.39 is 17.6 Å². The number of hydrogen-bond donors (Lipinski definition) is 3. The molecular formula is C17H14F3N3O2S. The van der Waals surface area contributed by atoms with E-state index in [2.05, 4.69) is 16.0 Å². The highest BCUT2D eigenvalue weighted by molar-refractivity contribution is 7.80. The summed E-state index contributed by atoms with van der Waals surface area (Å²) in [6.07, 6.45) is -4.50. The van der Waals surface area contributed by atoms with Gasteiger partial charge in [-0.3, -0.25) is 9.59 Å². The predicted molar refractivity (Wildman–Crippen MR) is 95.9 cm³/mol. The molecule has 9 heteroatoms. The first-order valence-corrected chi connectivity index (χ1v) is 7.73. The van der Waals surface area contributed by atoms with Crippen LogP contribution >= 0.6 is 12.2 Å². The number of amides is 2. The molecule has 0 heterocycles. The van der Waals surface area contributed by atoms with Crippen molar-refractivity contribution in [1.82, 2.24) is 5.32 Å². The van der Waals surface area contributed by atoms with Crippen LogP contribution in [0.25, 0.3) is 0 Å². The molecule has 3 N–H and O–H groups in total. The molecule has 0 saturated carbocycles. The molecule has 2 amide bonds. The predicted octanol–water partition coefficient (Wildman–Crippen LogP) is 3.79. The van der Waals surface area contributed by atoms with Crippen molar-refractivity contribution in [3.8, 4) is 0 Å². The van der Waals surface area contributed by atoms with Gasteiger partial charge in [-0.2, -0.15) is 13.2 Å². The van der Waals surface area contributed by atoms with Gasteiger partial charge in [0.2, 0.25) is 5.91 Å². The molecule has 0 atom stereocenters. The maximum Gasteiger partial charge on any atom is 0.416 e. The van der Waals surface area contributed by atoms with E-state index in [9.17, 15) is 22.8 Å². The molecule has 0 bridgehead atoms. The van der Waals surface area contributed by atoms with Crippen LogP contribution in [-0.4, -0.2) is 16.9 Å². The summed E-state index contributed by atoms with van der Waals surface area (Å²) in [6, 6.07) is 10.5. The number of benzene rings is 2. The lowest BCUT2D eigenvalue weighted by Gasteiger charge is -2.11. The lowest BCUT2D eigenvalue weighted by molar-refractivity contribution is -0.137. The normalized spacial score (nSPS) is 10.8. The van der Waals surface area contributed by atoms with Gasteiger partial charge in [0.1, 0.15) is 0 Å². The van der Waals surface area contributed by atoms with Gasteiger partial charge in [-0.25, -0.2) is 0 Å². The fourth-order valence-corrected chi connectivity index (χ4v) is 2.30. The first-order chi connectivity index (χ1) is 12.1. The number of thiocarbonyl (C=S) groups is 1. The van der Waals surface area contributed by atoms with Crippen LogP contribution in [0.2, 0.25) is 0 Å². The van der Waals surface area contributed by atoms with Crippen LogP contribution in [0.15, 0.2) is 48.5 Å². The van der Waals surface area contributed by atoms with Crippen molar-refractivity contribution in [2.45, 2.75) is 13.1 Å². The maximum absolute atomic E-state index is 12.7. The van der Waals surface area contributed by atoms with E-state index in [1.54, 1.807) is 12.1 Å². The first kappa shape index (κ1) is 19.4. The third-order valence-corrected chi connectivity index (χ3v) is 3.32. The fourth-order valence-electron chi connectivity index (χ4n) is 2.04. The zero-order chi connectivity index (χ0) is 19.3. The van der Waals surface area contributed by atoms with E-state index in [1.807, 2.05) is 0 Å². The molecule has 0 saturated heterocycles. The molecule has 0 aliphatic rings. The van der Waals surface area contributed by atoms with E-state index in [1.165, 1.54) is 31.2 Å². The average Bonchev–Trinajstić information content (AvgIpc) is 2.53. The lowest BCUT2D eigenvalue weighted by atomic mass is 10.1. The van der Waals surface area contributed by atoms with Gasteiger partial charge in [0, 0.05) is 23.9 Å². The largest absolute Gasteiger partial charge is 0.416 e. The molecule has 0 radical (unpaired) electrons. The second kappa shape index (κ2) is 7.96. The van der Waals surface area contributed by atoms with Crippen molar-refractivity contribution in [3.63, 3.8) is 0 Å². The third kappa shape index (κ3) is 5.55. The Hall–Kier alpha value is -2.94. The Morgan fingerprint density at radius 2 is 1.58 bits per heavy atom. The van der Waals surface area contributed by atoms with Crippen molar-refractivity contribution in [2.24, 2.45) is 0 Å². The number of carbonyl (C=O) groups excluding carboxylic acids is 2. The number of carbonyl (C=O) groups is 2. The average molecular weight is 381 g/mol. The lowest BCUT2D eigenvalue weighted by Crippen LogP contribution is -2.32. The SMILES string of the molecule is CC(=O)NC(=S)Nc1cccc(C(=O)Nc2cccc(C(F)(F)F)c2)c1. The zero-order valence-corrected chi connectivity index (χ0v) is 14.3. The van der Waals surface area contributed by atoms with Crippen LogP contribution in [0.3, 0.4) is 0 Å². The number of nitrogens with one attached hydrogen (secondary N) is 3. The van der Waals surface area contributed by atoms with E-state index in [0.717, 1.165) is 12.1 Å². The van der Waals surface area contributed by atoms with Gasteiger partial charge >= 0.3 is 6.18 Å². The van der Waals surface area contributed by atoms with Crippen molar-refractivity contribution in [3.05, 3.63) is 59.7 Å². The molecule has 26 heavy (non-hydrogen) atoms. The third-order valence-electron chi connectivity index (χ3n) is 3.12. The Labute approximate surface area is 152 Å². The van der Waals surface area contributed by atoms with Crippen LogP contribution < -0.4 is 16.0 Å². The van der Waals surface area contributed by atoms with Crippen LogP contribution in [0.1, 0.15) is 22.8 Å². The van der Waals surface area contributed by atoms with Crippen molar-refractivity contribution in [1.29, 1.82) is 0 Å². The number of anilines is 2. The van der Waals surface area contributed by atoms with E-state index in [4.69, 9.17) is 12.2 Å². The van der Waals surface area contributed by atoms with Gasteiger partial charge in [-0.05, 0) is 48.6 Å². The zero-order valence-electron chi connectivity index (χ0n) is 13.5. The smallest absolute Gasteiger partial charge is 0.332 e. The molecule has 0 aliphatic heterocycles. The summed E-state index contributed by atoms with van der Waals surface area (Å²) in [4.78, 5) is 23.2. The maximum atomic E-state index is 12.7. The van der Waals surface area contributed by atoms with Gasteiger partial charge in [-0.15, -0.1) is 0 Å². The summed E-state index contributed by atoms with van der Waals surface area (Å²) in [6.45, 7) is 1.30. The first-order valence-electron chi connectivity index (χ1n) is 7.32. The van der Waals surface area contributed by atoms with Crippen LogP contribution in [0.4, 0.5) is 24.5 Å². The molecule has 0 aromatic heterocycles. The highest BCUT2D eigenvalue weighted by Crippen LogP contribution is 2.30. The highest BCUT2D eigenvalue weighted by atomic mass is 32.1. The van der Waals surface area contributed by atoms with Crippen LogP contribution in [0.5, 0.6) is 0 Å². The van der Waals surface area contributed by atoms with E-state index in [0.29, 0.717) is 5.69 Å². The summed E-state index contributed by atoms with van der Waals surface area (Å²) in [5.41, 5.74) is -0.179. The minimum absolute atomic E-state index is 0.0250. The number of rotatable bonds is 3. The number of alkyl halides is 3. The molecule has 2 rings (SSSR count). The van der Waals surface area contributed by atoms with Gasteiger partial charge in [0.25, 0.3) is 5.91 Å². The Morgan fingerprint density at radius 3 is 2.19 bits per heavy atom. The molecule has 0 spiro atoms. The summed E-state index contributed by atoms with van der Waals surface area (Å²) in [7, 11) is 0. The summed E-state index contributed by atoms with van der Waals surface area (Å²) < 4.78 is 38.2. The molecular weight excluding hydrogens is 367 g/mol. The summed E-state index contributed by atoms with van der Waals surface area (Å²) in [5.74, 6) is -0.931. The van der Waals surface area contributed by atoms with Gasteiger partial charge in [-0.1, -0.05) is 12.1 Å². The van der Waals surface area contributed by atoms with Gasteiger partial charge < -0.3 is 16.0 Å². The number of hydrogen-bond acceptors (Lipinski definition) is 3. The monoisotopic (exact) mass is 381 g/mol. The topological polar surface area (TPSA) is 70.2 Å². The minimum Gasteiger partial charge on any atom is -0.332 e. The molecule has 0 aliphatic carbocycles. The Kier molecular flexibility index (Phi) is 5.93. The fraction of sp³-hybridized carbons (Fsp3) is 0.118.